The van der Waals surface area contributed by atoms with E-state index in [1.807, 2.05) is 11.0 Å². The van der Waals surface area contributed by atoms with E-state index in [-0.39, 0.29) is 11.7 Å². The molecule has 1 amide bonds. The first-order valence-electron chi connectivity index (χ1n) is 12.4. The normalized spacial score (nSPS) is 17.1. The quantitative estimate of drug-likeness (QED) is 0.585. The molecular weight excluding hydrogens is 426 g/mol. The van der Waals surface area contributed by atoms with Gasteiger partial charge >= 0.3 is 0 Å². The zero-order valence-electron chi connectivity index (χ0n) is 20.5. The van der Waals surface area contributed by atoms with Crippen LogP contribution in [0.1, 0.15) is 53.0 Å². The van der Waals surface area contributed by atoms with E-state index in [1.165, 1.54) is 16.7 Å². The number of nitrogens with zero attached hydrogens (tertiary/aromatic N) is 4. The summed E-state index contributed by atoms with van der Waals surface area (Å²) >= 11 is 0. The summed E-state index contributed by atoms with van der Waals surface area (Å²) in [6.07, 6.45) is 1.88. The first kappa shape index (κ1) is 22.9. The monoisotopic (exact) mass is 461 g/mol. The Morgan fingerprint density at radius 1 is 1.09 bits per heavy atom. The van der Waals surface area contributed by atoms with Gasteiger partial charge in [-0.05, 0) is 48.6 Å². The van der Waals surface area contributed by atoms with Crippen molar-refractivity contribution in [3.8, 4) is 5.75 Å². The van der Waals surface area contributed by atoms with Gasteiger partial charge in [0.05, 0.1) is 16.8 Å². The molecule has 0 atom stereocenters. The molecule has 2 aromatic carbocycles. The molecule has 2 N–H and O–H groups in total. The molecule has 1 aromatic heterocycles. The minimum atomic E-state index is -0.132. The first-order chi connectivity index (χ1) is 16.4. The smallest absolute Gasteiger partial charge is 0.258 e. The molecular formula is C27H35N5O2. The Hall–Kier alpha value is -2.90. The van der Waals surface area contributed by atoms with Crippen LogP contribution in [0, 0.1) is 5.92 Å². The van der Waals surface area contributed by atoms with Crippen molar-refractivity contribution in [3.63, 3.8) is 0 Å². The number of benzene rings is 2. The maximum absolute atomic E-state index is 13.4. The molecule has 7 heteroatoms. The second-order valence-electron chi connectivity index (χ2n) is 10.4. The Bertz CT molecular complexity index is 1190. The van der Waals surface area contributed by atoms with Crippen LogP contribution in [-0.4, -0.2) is 69.1 Å². The Morgan fingerprint density at radius 3 is 2.62 bits per heavy atom. The van der Waals surface area contributed by atoms with Crippen LogP contribution in [0.3, 0.4) is 0 Å². The molecule has 1 saturated heterocycles. The minimum absolute atomic E-state index is 0.00303. The zero-order chi connectivity index (χ0) is 23.8. The molecule has 2 aliphatic heterocycles. The van der Waals surface area contributed by atoms with Gasteiger partial charge in [0, 0.05) is 57.3 Å². The highest BCUT2D eigenvalue weighted by molar-refractivity contribution is 6.01. The number of aryl methyl sites for hydroxylation is 1. The van der Waals surface area contributed by atoms with Crippen LogP contribution in [0.15, 0.2) is 30.3 Å². The number of aromatic nitrogens is 2. The molecule has 180 valence electrons. The number of likely N-dealkylation sites (N-methyl/N-ethyl adjacent to an activating group) is 1. The maximum Gasteiger partial charge on any atom is 0.258 e. The van der Waals surface area contributed by atoms with Crippen molar-refractivity contribution in [1.29, 1.82) is 0 Å². The molecule has 3 aromatic rings. The Kier molecular flexibility index (Phi) is 6.32. The largest absolute Gasteiger partial charge is 0.507 e. The molecule has 0 radical (unpaired) electrons. The maximum atomic E-state index is 13.4. The molecule has 0 saturated carbocycles. The molecule has 34 heavy (non-hydrogen) atoms. The SMILES string of the molecule is CC(C)CCc1n[nH]c2cc(O)c(C(=O)N3Cc4ccc(CN5CCN(C)CC5)cc4C3)cc12. The van der Waals surface area contributed by atoms with Crippen molar-refractivity contribution >= 4 is 16.8 Å². The van der Waals surface area contributed by atoms with E-state index < -0.39 is 0 Å². The van der Waals surface area contributed by atoms with Gasteiger partial charge in [0.2, 0.25) is 0 Å². The lowest BCUT2D eigenvalue weighted by Gasteiger charge is -2.32. The molecule has 0 spiro atoms. The molecule has 0 aliphatic carbocycles. The summed E-state index contributed by atoms with van der Waals surface area (Å²) in [5, 5.41) is 19.0. The molecule has 0 bridgehead atoms. The topological polar surface area (TPSA) is 75.7 Å². The lowest BCUT2D eigenvalue weighted by Crippen LogP contribution is -2.43. The number of carbonyl (C=O) groups is 1. The van der Waals surface area contributed by atoms with Gasteiger partial charge in [0.1, 0.15) is 5.75 Å². The number of carbonyl (C=O) groups excluding carboxylic acids is 1. The number of fused-ring (bicyclic) bond motifs is 2. The highest BCUT2D eigenvalue weighted by Gasteiger charge is 2.27. The van der Waals surface area contributed by atoms with Crippen LogP contribution in [0.25, 0.3) is 10.9 Å². The molecule has 7 nitrogen and oxygen atoms in total. The second kappa shape index (κ2) is 9.39. The van der Waals surface area contributed by atoms with E-state index in [1.54, 1.807) is 6.07 Å². The Labute approximate surface area is 201 Å². The van der Waals surface area contributed by atoms with Crippen molar-refractivity contribution in [2.75, 3.05) is 33.2 Å². The van der Waals surface area contributed by atoms with Crippen molar-refractivity contribution in [2.45, 2.75) is 46.3 Å². The molecule has 3 heterocycles. The van der Waals surface area contributed by atoms with E-state index in [2.05, 4.69) is 59.1 Å². The number of piperazine rings is 1. The average Bonchev–Trinajstić information content (AvgIpc) is 3.41. The molecule has 1 fully saturated rings. The Balaban J connectivity index is 1.31. The van der Waals surface area contributed by atoms with Crippen molar-refractivity contribution in [2.24, 2.45) is 5.92 Å². The summed E-state index contributed by atoms with van der Waals surface area (Å²) in [6.45, 7) is 10.9. The number of hydrogen-bond acceptors (Lipinski definition) is 5. The third kappa shape index (κ3) is 4.68. The van der Waals surface area contributed by atoms with Gasteiger partial charge in [-0.25, -0.2) is 0 Å². The van der Waals surface area contributed by atoms with Crippen LogP contribution in [-0.2, 0) is 26.1 Å². The highest BCUT2D eigenvalue weighted by Crippen LogP contribution is 2.31. The number of phenolic OH excluding ortho intramolecular Hbond substituents is 1. The fraction of sp³-hybridized carbons (Fsp3) is 0.481. The number of hydrogen-bond donors (Lipinski definition) is 2. The van der Waals surface area contributed by atoms with Gasteiger partial charge in [-0.2, -0.15) is 5.10 Å². The predicted molar refractivity (Wildman–Crippen MR) is 134 cm³/mol. The van der Waals surface area contributed by atoms with Crippen LogP contribution < -0.4 is 0 Å². The van der Waals surface area contributed by atoms with Gasteiger partial charge < -0.3 is 14.9 Å². The number of aromatic hydroxyl groups is 1. The van der Waals surface area contributed by atoms with E-state index >= 15 is 0 Å². The lowest BCUT2D eigenvalue weighted by atomic mass is 10.0. The summed E-state index contributed by atoms with van der Waals surface area (Å²) in [4.78, 5) is 20.1. The van der Waals surface area contributed by atoms with Gasteiger partial charge in [-0.1, -0.05) is 32.0 Å². The third-order valence-corrected chi connectivity index (χ3v) is 7.23. The van der Waals surface area contributed by atoms with E-state index in [0.29, 0.717) is 24.6 Å². The standard InChI is InChI=1S/C27H35N5O2/c1-18(2)4-7-24-22-13-23(26(33)14-25(22)29-28-24)27(34)32-16-20-6-5-19(12-21(20)17-32)15-31-10-8-30(3)9-11-31/h5-6,12-14,18,33H,4,7-11,15-17H2,1-3H3,(H,28,29). The number of amides is 1. The highest BCUT2D eigenvalue weighted by atomic mass is 16.3. The minimum Gasteiger partial charge on any atom is -0.507 e. The van der Waals surface area contributed by atoms with Crippen LogP contribution in [0.5, 0.6) is 5.75 Å². The van der Waals surface area contributed by atoms with E-state index in [0.717, 1.165) is 62.2 Å². The van der Waals surface area contributed by atoms with Gasteiger partial charge in [-0.3, -0.25) is 14.8 Å². The summed E-state index contributed by atoms with van der Waals surface area (Å²) in [6, 6.07) is 10.1. The lowest BCUT2D eigenvalue weighted by molar-refractivity contribution is 0.0748. The number of rotatable bonds is 6. The summed E-state index contributed by atoms with van der Waals surface area (Å²) in [7, 11) is 2.17. The molecule has 5 rings (SSSR count). The fourth-order valence-corrected chi connectivity index (χ4v) is 5.02. The number of H-pyrrole nitrogens is 1. The first-order valence-corrected chi connectivity index (χ1v) is 12.4. The van der Waals surface area contributed by atoms with Crippen LogP contribution >= 0.6 is 0 Å². The van der Waals surface area contributed by atoms with E-state index in [4.69, 9.17) is 0 Å². The van der Waals surface area contributed by atoms with Crippen molar-refractivity contribution in [1.82, 2.24) is 24.9 Å². The summed E-state index contributed by atoms with van der Waals surface area (Å²) in [5.41, 5.74) is 5.78. The predicted octanol–water partition coefficient (Wildman–Crippen LogP) is 3.76. The summed E-state index contributed by atoms with van der Waals surface area (Å²) < 4.78 is 0. The van der Waals surface area contributed by atoms with Gasteiger partial charge in [0.15, 0.2) is 0 Å². The van der Waals surface area contributed by atoms with E-state index in [9.17, 15) is 9.90 Å². The number of nitrogens with one attached hydrogen (secondary N) is 1. The van der Waals surface area contributed by atoms with Gasteiger partial charge in [0.25, 0.3) is 5.91 Å². The van der Waals surface area contributed by atoms with Crippen molar-refractivity contribution < 1.29 is 9.90 Å². The number of aromatic amines is 1. The average molecular weight is 462 g/mol. The van der Waals surface area contributed by atoms with Crippen LogP contribution in [0.2, 0.25) is 0 Å². The number of phenols is 1. The third-order valence-electron chi connectivity index (χ3n) is 7.23. The summed E-state index contributed by atoms with van der Waals surface area (Å²) in [5.74, 6) is 0.449. The Morgan fingerprint density at radius 2 is 1.85 bits per heavy atom. The fourth-order valence-electron chi connectivity index (χ4n) is 5.02. The second-order valence-corrected chi connectivity index (χ2v) is 10.4. The van der Waals surface area contributed by atoms with Gasteiger partial charge in [-0.15, -0.1) is 0 Å². The zero-order valence-corrected chi connectivity index (χ0v) is 20.5. The molecule has 2 aliphatic rings. The molecule has 0 unspecified atom stereocenters. The van der Waals surface area contributed by atoms with Crippen LogP contribution in [0.4, 0.5) is 0 Å². The van der Waals surface area contributed by atoms with Crippen molar-refractivity contribution in [3.05, 3.63) is 58.3 Å².